The van der Waals surface area contributed by atoms with E-state index in [1.54, 1.807) is 0 Å². The molecule has 0 spiro atoms. The van der Waals surface area contributed by atoms with E-state index in [-0.39, 0.29) is 0 Å². The third kappa shape index (κ3) is 2.80. The number of benzene rings is 1. The van der Waals surface area contributed by atoms with Gasteiger partial charge in [0.25, 0.3) is 0 Å². The number of anilines is 1. The molecule has 1 saturated carbocycles. The fraction of sp³-hybridized carbons (Fsp3) is 0.625. The number of hydrogen-bond donors (Lipinski definition) is 1. The van der Waals surface area contributed by atoms with Crippen molar-refractivity contribution in [3.63, 3.8) is 0 Å². The maximum Gasteiger partial charge on any atom is 0.246 e. The first-order valence-corrected chi connectivity index (χ1v) is 7.30. The zero-order valence-corrected chi connectivity index (χ0v) is 12.0. The SMILES string of the molecule is CC1CCCC(Nc2ccc3c(c2)OC(C)(C)O3)C1. The second-order valence-corrected chi connectivity index (χ2v) is 6.38. The van der Waals surface area contributed by atoms with E-state index in [9.17, 15) is 0 Å². The molecule has 1 aromatic carbocycles. The minimum Gasteiger partial charge on any atom is -0.449 e. The van der Waals surface area contributed by atoms with E-state index >= 15 is 0 Å². The molecule has 19 heavy (non-hydrogen) atoms. The van der Waals surface area contributed by atoms with E-state index < -0.39 is 5.79 Å². The number of rotatable bonds is 2. The van der Waals surface area contributed by atoms with Gasteiger partial charge >= 0.3 is 0 Å². The van der Waals surface area contributed by atoms with Crippen molar-refractivity contribution in [1.29, 1.82) is 0 Å². The van der Waals surface area contributed by atoms with E-state index in [1.807, 2.05) is 19.9 Å². The first kappa shape index (κ1) is 12.6. The van der Waals surface area contributed by atoms with Crippen LogP contribution in [0.5, 0.6) is 11.5 Å². The van der Waals surface area contributed by atoms with Crippen LogP contribution in [-0.4, -0.2) is 11.8 Å². The summed E-state index contributed by atoms with van der Waals surface area (Å²) in [7, 11) is 0. The molecule has 2 atom stereocenters. The summed E-state index contributed by atoms with van der Waals surface area (Å²) >= 11 is 0. The lowest BCUT2D eigenvalue weighted by Crippen LogP contribution is -2.29. The molecule has 0 radical (unpaired) electrons. The average Bonchev–Trinajstić information content (AvgIpc) is 2.62. The molecule has 2 unspecified atom stereocenters. The van der Waals surface area contributed by atoms with Gasteiger partial charge in [-0.3, -0.25) is 0 Å². The van der Waals surface area contributed by atoms with Crippen LogP contribution in [0.2, 0.25) is 0 Å². The van der Waals surface area contributed by atoms with Crippen molar-refractivity contribution < 1.29 is 9.47 Å². The summed E-state index contributed by atoms with van der Waals surface area (Å²) in [6.45, 7) is 6.21. The maximum atomic E-state index is 5.78. The first-order valence-electron chi connectivity index (χ1n) is 7.30. The van der Waals surface area contributed by atoms with Crippen molar-refractivity contribution in [3.8, 4) is 11.5 Å². The van der Waals surface area contributed by atoms with Crippen molar-refractivity contribution in [3.05, 3.63) is 18.2 Å². The second kappa shape index (κ2) is 4.62. The Morgan fingerprint density at radius 2 is 1.95 bits per heavy atom. The Morgan fingerprint density at radius 1 is 1.16 bits per heavy atom. The van der Waals surface area contributed by atoms with Gasteiger partial charge in [-0.15, -0.1) is 0 Å². The molecule has 1 aliphatic heterocycles. The Labute approximate surface area is 115 Å². The van der Waals surface area contributed by atoms with Crippen molar-refractivity contribution in [2.45, 2.75) is 58.3 Å². The summed E-state index contributed by atoms with van der Waals surface area (Å²) in [5, 5.41) is 3.63. The van der Waals surface area contributed by atoms with Gasteiger partial charge in [-0.25, -0.2) is 0 Å². The topological polar surface area (TPSA) is 30.5 Å². The van der Waals surface area contributed by atoms with Crippen molar-refractivity contribution in [1.82, 2.24) is 0 Å². The Kier molecular flexibility index (Phi) is 3.08. The monoisotopic (exact) mass is 261 g/mol. The van der Waals surface area contributed by atoms with Gasteiger partial charge in [0.2, 0.25) is 5.79 Å². The normalized spacial score (nSPS) is 28.2. The van der Waals surface area contributed by atoms with E-state index in [0.29, 0.717) is 6.04 Å². The van der Waals surface area contributed by atoms with Gasteiger partial charge in [0.1, 0.15) is 0 Å². The van der Waals surface area contributed by atoms with E-state index in [0.717, 1.165) is 23.1 Å². The summed E-state index contributed by atoms with van der Waals surface area (Å²) in [6.07, 6.45) is 5.23. The summed E-state index contributed by atoms with van der Waals surface area (Å²) < 4.78 is 11.5. The third-order valence-corrected chi connectivity index (χ3v) is 3.96. The molecule has 0 aromatic heterocycles. The summed E-state index contributed by atoms with van der Waals surface area (Å²) in [6, 6.07) is 6.74. The highest BCUT2D eigenvalue weighted by atomic mass is 16.7. The van der Waals surface area contributed by atoms with Gasteiger partial charge in [-0.05, 0) is 30.9 Å². The van der Waals surface area contributed by atoms with Crippen LogP contribution in [0.1, 0.15) is 46.5 Å². The molecule has 1 aromatic rings. The molecule has 3 rings (SSSR count). The summed E-state index contributed by atoms with van der Waals surface area (Å²) in [5.74, 6) is 1.98. The van der Waals surface area contributed by atoms with Crippen molar-refractivity contribution in [2.75, 3.05) is 5.32 Å². The highest BCUT2D eigenvalue weighted by Crippen LogP contribution is 2.41. The van der Waals surface area contributed by atoms with Gasteiger partial charge in [0.15, 0.2) is 11.5 Å². The molecule has 1 fully saturated rings. The smallest absolute Gasteiger partial charge is 0.246 e. The van der Waals surface area contributed by atoms with Crippen LogP contribution in [0.4, 0.5) is 5.69 Å². The fourth-order valence-electron chi connectivity index (χ4n) is 3.11. The fourth-order valence-corrected chi connectivity index (χ4v) is 3.11. The molecule has 2 aliphatic rings. The molecule has 1 aliphatic carbocycles. The Morgan fingerprint density at radius 3 is 2.74 bits per heavy atom. The number of nitrogens with one attached hydrogen (secondary N) is 1. The molecule has 0 bridgehead atoms. The van der Waals surface area contributed by atoms with E-state index in [2.05, 4.69) is 24.4 Å². The van der Waals surface area contributed by atoms with Gasteiger partial charge in [0, 0.05) is 31.6 Å². The quantitative estimate of drug-likeness (QED) is 0.866. The Hall–Kier alpha value is -1.38. The molecule has 0 amide bonds. The molecule has 3 heteroatoms. The molecule has 3 nitrogen and oxygen atoms in total. The van der Waals surface area contributed by atoms with Crippen LogP contribution >= 0.6 is 0 Å². The number of fused-ring (bicyclic) bond motifs is 1. The highest BCUT2D eigenvalue weighted by Gasteiger charge is 2.31. The van der Waals surface area contributed by atoms with Crippen molar-refractivity contribution in [2.24, 2.45) is 5.92 Å². The lowest BCUT2D eigenvalue weighted by Gasteiger charge is -2.28. The van der Waals surface area contributed by atoms with Crippen LogP contribution in [0.25, 0.3) is 0 Å². The Bertz CT molecular complexity index is 470. The molecular weight excluding hydrogens is 238 g/mol. The standard InChI is InChI=1S/C16H23NO2/c1-11-5-4-6-12(9-11)17-13-7-8-14-15(10-13)19-16(2,3)18-14/h7-8,10-12,17H,4-6,9H2,1-3H3. The molecule has 1 heterocycles. The first-order chi connectivity index (χ1) is 9.02. The van der Waals surface area contributed by atoms with Crippen LogP contribution in [0.3, 0.4) is 0 Å². The lowest BCUT2D eigenvalue weighted by atomic mass is 9.87. The highest BCUT2D eigenvalue weighted by molar-refractivity contribution is 5.56. The zero-order valence-electron chi connectivity index (χ0n) is 12.0. The van der Waals surface area contributed by atoms with Crippen LogP contribution < -0.4 is 14.8 Å². The Balaban J connectivity index is 1.70. The predicted octanol–water partition coefficient (Wildman–Crippen LogP) is 4.18. The average molecular weight is 261 g/mol. The zero-order chi connectivity index (χ0) is 13.5. The number of hydrogen-bond acceptors (Lipinski definition) is 3. The van der Waals surface area contributed by atoms with Crippen LogP contribution in [-0.2, 0) is 0 Å². The van der Waals surface area contributed by atoms with E-state index in [4.69, 9.17) is 9.47 Å². The minimum absolute atomic E-state index is 0.541. The van der Waals surface area contributed by atoms with Crippen molar-refractivity contribution >= 4 is 5.69 Å². The summed E-state index contributed by atoms with van der Waals surface area (Å²) in [4.78, 5) is 0. The lowest BCUT2D eigenvalue weighted by molar-refractivity contribution is -0.0431. The van der Waals surface area contributed by atoms with E-state index in [1.165, 1.54) is 25.7 Å². The summed E-state index contributed by atoms with van der Waals surface area (Å²) in [5.41, 5.74) is 1.14. The number of ether oxygens (including phenoxy) is 2. The van der Waals surface area contributed by atoms with Crippen LogP contribution in [0.15, 0.2) is 18.2 Å². The third-order valence-electron chi connectivity index (χ3n) is 3.96. The molecular formula is C16H23NO2. The maximum absolute atomic E-state index is 5.78. The molecule has 0 saturated heterocycles. The van der Waals surface area contributed by atoms with Crippen LogP contribution in [0, 0.1) is 5.92 Å². The van der Waals surface area contributed by atoms with Gasteiger partial charge < -0.3 is 14.8 Å². The molecule has 104 valence electrons. The predicted molar refractivity (Wildman–Crippen MR) is 76.8 cm³/mol. The molecule has 1 N–H and O–H groups in total. The van der Waals surface area contributed by atoms with Gasteiger partial charge in [0.05, 0.1) is 0 Å². The second-order valence-electron chi connectivity index (χ2n) is 6.38. The van der Waals surface area contributed by atoms with Gasteiger partial charge in [-0.2, -0.15) is 0 Å². The largest absolute Gasteiger partial charge is 0.449 e. The van der Waals surface area contributed by atoms with Gasteiger partial charge in [-0.1, -0.05) is 19.8 Å². The minimum atomic E-state index is -0.541.